The van der Waals surface area contributed by atoms with Gasteiger partial charge < -0.3 is 5.32 Å². The van der Waals surface area contributed by atoms with E-state index in [-0.39, 0.29) is 5.56 Å². The zero-order chi connectivity index (χ0) is 13.1. The summed E-state index contributed by atoms with van der Waals surface area (Å²) in [6.07, 6.45) is 0. The van der Waals surface area contributed by atoms with Gasteiger partial charge in [-0.25, -0.2) is 0 Å². The van der Waals surface area contributed by atoms with E-state index < -0.39 is 0 Å². The highest BCUT2D eigenvalue weighted by Crippen LogP contribution is 2.06. The average Bonchev–Trinajstić information content (AvgIpc) is 2.48. The second-order valence-corrected chi connectivity index (χ2v) is 4.11. The number of nitrogens with zero attached hydrogens (tertiary/aromatic N) is 3. The van der Waals surface area contributed by atoms with Crippen molar-refractivity contribution in [2.75, 3.05) is 5.32 Å². The van der Waals surface area contributed by atoms with Crippen molar-refractivity contribution in [1.82, 2.24) is 15.0 Å². The topological polar surface area (TPSA) is 59.8 Å². The maximum Gasteiger partial charge on any atom is 0.279 e. The van der Waals surface area contributed by atoms with Crippen LogP contribution in [0.5, 0.6) is 0 Å². The van der Waals surface area contributed by atoms with Crippen LogP contribution in [0.4, 0.5) is 5.69 Å². The van der Waals surface area contributed by atoms with Crippen LogP contribution in [0.2, 0.25) is 0 Å². The zero-order valence-electron chi connectivity index (χ0n) is 10.2. The number of nitrogens with one attached hydrogen (secondary N) is 1. The number of para-hydroxylation sites is 1. The van der Waals surface area contributed by atoms with Gasteiger partial charge in [-0.3, -0.25) is 4.79 Å². The third kappa shape index (κ3) is 2.30. The Morgan fingerprint density at radius 1 is 1.00 bits per heavy atom. The molecule has 1 heterocycles. The first-order valence-electron chi connectivity index (χ1n) is 5.96. The Balaban J connectivity index is 1.90. The molecule has 0 aliphatic rings. The molecule has 3 aromatic rings. The van der Waals surface area contributed by atoms with Gasteiger partial charge in [-0.2, -0.15) is 4.68 Å². The minimum absolute atomic E-state index is 0.144. The van der Waals surface area contributed by atoms with Gasteiger partial charge in [0.1, 0.15) is 12.2 Å². The van der Waals surface area contributed by atoms with E-state index >= 15 is 0 Å². The fourth-order valence-electron chi connectivity index (χ4n) is 1.85. The minimum atomic E-state index is -0.144. The van der Waals surface area contributed by atoms with Crippen LogP contribution in [0.3, 0.4) is 0 Å². The van der Waals surface area contributed by atoms with Gasteiger partial charge in [0.25, 0.3) is 5.56 Å². The summed E-state index contributed by atoms with van der Waals surface area (Å²) in [7, 11) is 0. The van der Waals surface area contributed by atoms with Crippen LogP contribution in [-0.2, 0) is 6.67 Å². The predicted octanol–water partition coefficient (Wildman–Crippen LogP) is 1.86. The number of fused-ring (bicyclic) bond motifs is 1. The third-order valence-electron chi connectivity index (χ3n) is 2.84. The maximum atomic E-state index is 12.2. The van der Waals surface area contributed by atoms with Crippen LogP contribution in [0.15, 0.2) is 59.4 Å². The molecule has 5 heteroatoms. The lowest BCUT2D eigenvalue weighted by molar-refractivity contribution is 0.589. The molecule has 0 atom stereocenters. The largest absolute Gasteiger partial charge is 0.366 e. The second-order valence-electron chi connectivity index (χ2n) is 4.11. The van der Waals surface area contributed by atoms with Crippen LogP contribution < -0.4 is 10.9 Å². The molecule has 0 aliphatic heterocycles. The van der Waals surface area contributed by atoms with Gasteiger partial charge in [0.2, 0.25) is 0 Å². The minimum Gasteiger partial charge on any atom is -0.366 e. The summed E-state index contributed by atoms with van der Waals surface area (Å²) < 4.78 is 1.31. The van der Waals surface area contributed by atoms with E-state index in [1.165, 1.54) is 4.68 Å². The molecule has 1 aromatic heterocycles. The van der Waals surface area contributed by atoms with E-state index in [0.29, 0.717) is 17.6 Å². The Hall–Kier alpha value is -2.69. The molecule has 0 bridgehead atoms. The fraction of sp³-hybridized carbons (Fsp3) is 0.0714. The van der Waals surface area contributed by atoms with Gasteiger partial charge in [0, 0.05) is 5.69 Å². The molecule has 0 spiro atoms. The lowest BCUT2D eigenvalue weighted by Crippen LogP contribution is -2.27. The van der Waals surface area contributed by atoms with Gasteiger partial charge >= 0.3 is 0 Å². The number of anilines is 1. The summed E-state index contributed by atoms with van der Waals surface area (Å²) in [6.45, 7) is 0.292. The van der Waals surface area contributed by atoms with Crippen molar-refractivity contribution in [1.29, 1.82) is 0 Å². The molecule has 0 fully saturated rings. The van der Waals surface area contributed by atoms with Crippen molar-refractivity contribution in [3.63, 3.8) is 0 Å². The molecule has 94 valence electrons. The molecule has 1 N–H and O–H groups in total. The van der Waals surface area contributed by atoms with E-state index in [1.807, 2.05) is 42.5 Å². The molecular weight excluding hydrogens is 240 g/mol. The second kappa shape index (κ2) is 4.89. The van der Waals surface area contributed by atoms with E-state index in [0.717, 1.165) is 5.69 Å². The van der Waals surface area contributed by atoms with Crippen LogP contribution in [-0.4, -0.2) is 15.0 Å². The molecule has 2 aromatic carbocycles. The van der Waals surface area contributed by atoms with Crippen molar-refractivity contribution >= 4 is 16.6 Å². The van der Waals surface area contributed by atoms with Crippen LogP contribution in [0.25, 0.3) is 10.9 Å². The van der Waals surface area contributed by atoms with Crippen molar-refractivity contribution in [3.05, 3.63) is 65.0 Å². The Bertz CT molecular complexity index is 752. The molecule has 0 radical (unpaired) electrons. The Morgan fingerprint density at radius 3 is 2.58 bits per heavy atom. The number of aromatic nitrogens is 3. The molecule has 0 saturated carbocycles. The molecule has 0 saturated heterocycles. The smallest absolute Gasteiger partial charge is 0.279 e. The first-order chi connectivity index (χ1) is 9.34. The van der Waals surface area contributed by atoms with Gasteiger partial charge in [0.05, 0.1) is 5.39 Å². The summed E-state index contributed by atoms with van der Waals surface area (Å²) in [4.78, 5) is 12.2. The SMILES string of the molecule is O=c1c2ccccc2nnn1CNc1ccccc1. The molecular formula is C14H12N4O. The Morgan fingerprint density at radius 2 is 1.74 bits per heavy atom. The summed E-state index contributed by atoms with van der Waals surface area (Å²) in [5, 5.41) is 11.6. The number of hydrogen-bond donors (Lipinski definition) is 1. The van der Waals surface area contributed by atoms with Gasteiger partial charge in [0.15, 0.2) is 0 Å². The zero-order valence-corrected chi connectivity index (χ0v) is 10.2. The van der Waals surface area contributed by atoms with Crippen molar-refractivity contribution in [3.8, 4) is 0 Å². The molecule has 5 nitrogen and oxygen atoms in total. The monoisotopic (exact) mass is 252 g/mol. The molecule has 0 aliphatic carbocycles. The lowest BCUT2D eigenvalue weighted by Gasteiger charge is -2.07. The fourth-order valence-corrected chi connectivity index (χ4v) is 1.85. The number of benzene rings is 2. The van der Waals surface area contributed by atoms with E-state index in [4.69, 9.17) is 0 Å². The average molecular weight is 252 g/mol. The van der Waals surface area contributed by atoms with Crippen molar-refractivity contribution in [2.24, 2.45) is 0 Å². The van der Waals surface area contributed by atoms with E-state index in [1.54, 1.807) is 12.1 Å². The van der Waals surface area contributed by atoms with Gasteiger partial charge in [-0.05, 0) is 24.3 Å². The highest BCUT2D eigenvalue weighted by atomic mass is 16.1. The standard InChI is InChI=1S/C14H12N4O/c19-14-12-8-4-5-9-13(12)16-17-18(14)10-15-11-6-2-1-3-7-11/h1-9,15H,10H2. The predicted molar refractivity (Wildman–Crippen MR) is 73.9 cm³/mol. The first kappa shape index (κ1) is 11.4. The lowest BCUT2D eigenvalue weighted by atomic mass is 10.2. The normalized spacial score (nSPS) is 10.5. The summed E-state index contributed by atoms with van der Waals surface area (Å²) >= 11 is 0. The molecule has 19 heavy (non-hydrogen) atoms. The van der Waals surface area contributed by atoms with Crippen LogP contribution in [0, 0.1) is 0 Å². The molecule has 3 rings (SSSR count). The quantitative estimate of drug-likeness (QED) is 0.773. The Labute approximate surface area is 109 Å². The summed E-state index contributed by atoms with van der Waals surface area (Å²) in [5.74, 6) is 0. The molecule has 0 unspecified atom stereocenters. The van der Waals surface area contributed by atoms with Gasteiger partial charge in [-0.1, -0.05) is 35.5 Å². The van der Waals surface area contributed by atoms with Gasteiger partial charge in [-0.15, -0.1) is 5.10 Å². The highest BCUT2D eigenvalue weighted by molar-refractivity contribution is 5.76. The molecule has 0 amide bonds. The Kier molecular flexibility index (Phi) is 2.94. The maximum absolute atomic E-state index is 12.2. The highest BCUT2D eigenvalue weighted by Gasteiger charge is 2.03. The first-order valence-corrected chi connectivity index (χ1v) is 5.96. The van der Waals surface area contributed by atoms with Crippen molar-refractivity contribution < 1.29 is 0 Å². The summed E-state index contributed by atoms with van der Waals surface area (Å²) in [6, 6.07) is 16.8. The van der Waals surface area contributed by atoms with Crippen molar-refractivity contribution in [2.45, 2.75) is 6.67 Å². The van der Waals surface area contributed by atoms with E-state index in [2.05, 4.69) is 15.6 Å². The number of hydrogen-bond acceptors (Lipinski definition) is 4. The third-order valence-corrected chi connectivity index (χ3v) is 2.84. The van der Waals surface area contributed by atoms with Crippen LogP contribution in [0.1, 0.15) is 0 Å². The van der Waals surface area contributed by atoms with E-state index in [9.17, 15) is 4.79 Å². The van der Waals surface area contributed by atoms with Crippen LogP contribution >= 0.6 is 0 Å². The number of rotatable bonds is 3. The summed E-state index contributed by atoms with van der Waals surface area (Å²) in [5.41, 5.74) is 1.40.